The maximum Gasteiger partial charge on any atom is 0.322 e. The smallest absolute Gasteiger partial charge is 0.322 e. The molecular weight excluding hydrogens is 540 g/mol. The Labute approximate surface area is 242 Å². The first-order chi connectivity index (χ1) is 20.5. The van der Waals surface area contributed by atoms with Crippen LogP contribution in [-0.4, -0.2) is 70.3 Å². The minimum Gasteiger partial charge on any atom is -0.467 e. The van der Waals surface area contributed by atoms with Crippen molar-refractivity contribution in [1.29, 1.82) is 21.0 Å². The van der Waals surface area contributed by atoms with E-state index in [9.17, 15) is 0 Å². The van der Waals surface area contributed by atoms with Gasteiger partial charge in [0.05, 0.1) is 64.2 Å². The molecule has 0 fully saturated rings. The van der Waals surface area contributed by atoms with Crippen molar-refractivity contribution in [2.24, 2.45) is 0 Å². The third kappa shape index (κ3) is 9.04. The maximum atomic E-state index is 9.00. The lowest BCUT2D eigenvalue weighted by molar-refractivity contribution is 0.378. The zero-order valence-corrected chi connectivity index (χ0v) is 23.1. The molecule has 0 aliphatic heterocycles. The maximum absolute atomic E-state index is 9.00. The molecule has 0 atom stereocenters. The summed E-state index contributed by atoms with van der Waals surface area (Å²) in [6.45, 7) is 1.40. The lowest BCUT2D eigenvalue weighted by Gasteiger charge is -2.21. The molecule has 16 nitrogen and oxygen atoms in total. The largest absolute Gasteiger partial charge is 0.467 e. The Hall–Kier alpha value is -6.00. The molecule has 2 N–H and O–H groups in total. The zero-order valence-electron chi connectivity index (χ0n) is 23.1. The highest BCUT2D eigenvalue weighted by Crippen LogP contribution is 2.23. The van der Waals surface area contributed by atoms with Gasteiger partial charge in [0.1, 0.15) is 0 Å². The molecule has 16 heteroatoms. The quantitative estimate of drug-likeness (QED) is 0.253. The van der Waals surface area contributed by atoms with Gasteiger partial charge in [-0.2, -0.15) is 51.0 Å². The average molecular weight is 569 g/mol. The van der Waals surface area contributed by atoms with E-state index >= 15 is 0 Å². The van der Waals surface area contributed by atoms with E-state index in [1.165, 1.54) is 14.2 Å². The molecule has 214 valence electrons. The Morgan fingerprint density at radius 2 is 0.905 bits per heavy atom. The van der Waals surface area contributed by atoms with Crippen molar-refractivity contribution in [3.8, 4) is 36.3 Å². The molecule has 1 aromatic carbocycles. The lowest BCUT2D eigenvalue weighted by atomic mass is 10.3. The van der Waals surface area contributed by atoms with Crippen molar-refractivity contribution in [3.63, 3.8) is 0 Å². The number of anilines is 6. The van der Waals surface area contributed by atoms with Crippen LogP contribution >= 0.6 is 0 Å². The number of nitrogens with one attached hydrogen (secondary N) is 2. The number of benzene rings is 1. The number of hydrogen-bond donors (Lipinski definition) is 2. The van der Waals surface area contributed by atoms with Gasteiger partial charge in [-0.3, -0.25) is 0 Å². The van der Waals surface area contributed by atoms with Crippen molar-refractivity contribution in [1.82, 2.24) is 29.9 Å². The number of methoxy groups -OCH3 is 2. The first-order valence-corrected chi connectivity index (χ1v) is 12.8. The summed E-state index contributed by atoms with van der Waals surface area (Å²) in [7, 11) is 2.87. The predicted molar refractivity (Wildman–Crippen MR) is 151 cm³/mol. The van der Waals surface area contributed by atoms with E-state index in [0.717, 1.165) is 0 Å². The minimum atomic E-state index is 0.0814. The van der Waals surface area contributed by atoms with E-state index < -0.39 is 0 Å². The topological polar surface area (TPSA) is 221 Å². The van der Waals surface area contributed by atoms with E-state index in [2.05, 4.69) is 64.8 Å². The van der Waals surface area contributed by atoms with Gasteiger partial charge in [0.2, 0.25) is 23.8 Å². The van der Waals surface area contributed by atoms with Gasteiger partial charge in [-0.15, -0.1) is 0 Å². The Morgan fingerprint density at radius 3 is 1.19 bits per heavy atom. The van der Waals surface area contributed by atoms with Gasteiger partial charge in [0.25, 0.3) is 0 Å². The average Bonchev–Trinajstić information content (AvgIpc) is 3.01. The fourth-order valence-corrected chi connectivity index (χ4v) is 3.53. The molecule has 0 aliphatic carbocycles. The number of nitriles is 4. The molecule has 0 bridgehead atoms. The summed E-state index contributed by atoms with van der Waals surface area (Å²) in [6.07, 6.45) is 0.956. The molecular formula is C26H28N14O2. The summed E-state index contributed by atoms with van der Waals surface area (Å²) < 4.78 is 10.5. The Morgan fingerprint density at radius 1 is 0.571 bits per heavy atom. The van der Waals surface area contributed by atoms with E-state index in [1.54, 1.807) is 34.1 Å². The second kappa shape index (κ2) is 16.2. The van der Waals surface area contributed by atoms with Crippen LogP contribution in [0.15, 0.2) is 24.3 Å². The molecule has 0 unspecified atom stereocenters. The summed E-state index contributed by atoms with van der Waals surface area (Å²) >= 11 is 0. The predicted octanol–water partition coefficient (Wildman–Crippen LogP) is 2.83. The number of hydrogen-bond acceptors (Lipinski definition) is 16. The molecule has 3 aromatic rings. The van der Waals surface area contributed by atoms with Gasteiger partial charge in [-0.25, -0.2) is 0 Å². The Balaban J connectivity index is 1.79. The van der Waals surface area contributed by atoms with Crippen molar-refractivity contribution < 1.29 is 9.47 Å². The molecule has 2 heterocycles. The first kappa shape index (κ1) is 30.5. The molecule has 2 aromatic heterocycles. The normalized spacial score (nSPS) is 9.86. The molecule has 42 heavy (non-hydrogen) atoms. The highest BCUT2D eigenvalue weighted by atomic mass is 16.5. The van der Waals surface area contributed by atoms with Crippen molar-refractivity contribution in [2.75, 3.05) is 60.8 Å². The van der Waals surface area contributed by atoms with Gasteiger partial charge in [-0.1, -0.05) is 0 Å². The summed E-state index contributed by atoms with van der Waals surface area (Å²) in [4.78, 5) is 29.4. The lowest BCUT2D eigenvalue weighted by Crippen LogP contribution is -2.28. The van der Waals surface area contributed by atoms with Crippen LogP contribution in [0.3, 0.4) is 0 Å². The van der Waals surface area contributed by atoms with Gasteiger partial charge >= 0.3 is 12.0 Å². The fraction of sp³-hybridized carbons (Fsp3) is 0.385. The fourth-order valence-electron chi connectivity index (χ4n) is 3.53. The second-order valence-corrected chi connectivity index (χ2v) is 8.33. The Bertz CT molecular complexity index is 1340. The minimum absolute atomic E-state index is 0.0814. The molecule has 3 rings (SSSR count). The van der Waals surface area contributed by atoms with Crippen LogP contribution in [0, 0.1) is 45.3 Å². The van der Waals surface area contributed by atoms with Crippen molar-refractivity contribution >= 4 is 35.2 Å². The molecule has 0 amide bonds. The molecule has 0 spiro atoms. The van der Waals surface area contributed by atoms with Crippen LogP contribution in [0.25, 0.3) is 0 Å². The standard InChI is InChI=1S/C26H28N14O2/c1-41-25-35-21(33-23(37-25)39(15-3-11-27)16-4-12-28)31-19-7-9-20(10-8-19)32-22-34-24(38-26(36-22)42-2)40(17-5-13-29)18-6-14-30/h7-10H,3-6,15-18H2,1-2H3,(H,31,33,35,37)(H,32,34,36,38). The number of ether oxygens (including phenoxy) is 2. The third-order valence-electron chi connectivity index (χ3n) is 5.51. The summed E-state index contributed by atoms with van der Waals surface area (Å²) in [5.74, 6) is 1.01. The van der Waals surface area contributed by atoms with Crippen LogP contribution < -0.4 is 29.9 Å². The summed E-state index contributed by atoms with van der Waals surface area (Å²) in [6, 6.07) is 15.7. The van der Waals surface area contributed by atoms with E-state index in [0.29, 0.717) is 37.6 Å². The highest BCUT2D eigenvalue weighted by Gasteiger charge is 2.16. The first-order valence-electron chi connectivity index (χ1n) is 12.8. The number of nitrogens with zero attached hydrogens (tertiary/aromatic N) is 12. The zero-order chi connectivity index (χ0) is 30.2. The summed E-state index contributed by atoms with van der Waals surface area (Å²) in [5, 5.41) is 42.2. The van der Waals surface area contributed by atoms with Gasteiger partial charge in [0.15, 0.2) is 0 Å². The molecule has 0 aliphatic rings. The Kier molecular flexibility index (Phi) is 11.8. The van der Waals surface area contributed by atoms with Crippen molar-refractivity contribution in [2.45, 2.75) is 25.7 Å². The monoisotopic (exact) mass is 568 g/mol. The molecule has 0 radical (unpaired) electrons. The van der Waals surface area contributed by atoms with Gasteiger partial charge < -0.3 is 29.9 Å². The SMILES string of the molecule is COc1nc(Nc2ccc(Nc3nc(OC)nc(N(CCC#N)CCC#N)n3)cc2)nc(N(CCC#N)CCC#N)n1. The van der Waals surface area contributed by atoms with E-state index in [1.807, 2.05) is 0 Å². The van der Waals surface area contributed by atoms with Gasteiger partial charge in [-0.05, 0) is 24.3 Å². The number of aromatic nitrogens is 6. The van der Waals surface area contributed by atoms with Crippen LogP contribution in [0.1, 0.15) is 25.7 Å². The van der Waals surface area contributed by atoms with Gasteiger partial charge in [0, 0.05) is 37.6 Å². The van der Waals surface area contributed by atoms with E-state index in [-0.39, 0.29) is 61.5 Å². The highest BCUT2D eigenvalue weighted by molar-refractivity contribution is 5.62. The third-order valence-corrected chi connectivity index (χ3v) is 5.51. The van der Waals surface area contributed by atoms with Crippen LogP contribution in [0.4, 0.5) is 35.2 Å². The van der Waals surface area contributed by atoms with Crippen LogP contribution in [0.2, 0.25) is 0 Å². The summed E-state index contributed by atoms with van der Waals surface area (Å²) in [5.41, 5.74) is 1.32. The van der Waals surface area contributed by atoms with Crippen molar-refractivity contribution in [3.05, 3.63) is 24.3 Å². The second-order valence-electron chi connectivity index (χ2n) is 8.33. The van der Waals surface area contributed by atoms with Crippen LogP contribution in [-0.2, 0) is 0 Å². The van der Waals surface area contributed by atoms with E-state index in [4.69, 9.17) is 30.5 Å². The number of rotatable bonds is 16. The molecule has 0 saturated heterocycles. The van der Waals surface area contributed by atoms with Crippen LogP contribution in [0.5, 0.6) is 12.0 Å². The molecule has 0 saturated carbocycles.